The van der Waals surface area contributed by atoms with Crippen LogP contribution >= 0.6 is 0 Å². The van der Waals surface area contributed by atoms with E-state index in [4.69, 9.17) is 14.0 Å². The van der Waals surface area contributed by atoms with Gasteiger partial charge < -0.3 is 19.2 Å². The molecule has 1 atom stereocenters. The molecular weight excluding hydrogens is 295 g/mol. The van der Waals surface area contributed by atoms with Gasteiger partial charge in [0.05, 0.1) is 24.2 Å². The molecule has 0 radical (unpaired) electrons. The Kier molecular flexibility index (Phi) is 5.06. The van der Waals surface area contributed by atoms with Crippen molar-refractivity contribution >= 4 is 13.1 Å². The number of ether oxygens (including phenoxy) is 1. The third-order valence-corrected chi connectivity index (χ3v) is 4.61. The van der Waals surface area contributed by atoms with Crippen LogP contribution in [0.25, 0.3) is 0 Å². The van der Waals surface area contributed by atoms with Crippen LogP contribution < -0.4 is 4.74 Å². The van der Waals surface area contributed by atoms with Crippen molar-refractivity contribution in [2.75, 3.05) is 6.61 Å². The summed E-state index contributed by atoms with van der Waals surface area (Å²) in [6, 6.07) is 7.45. The number of benzene rings is 1. The van der Waals surface area contributed by atoms with Gasteiger partial charge in [-0.05, 0) is 52.3 Å². The highest BCUT2D eigenvalue weighted by Gasteiger charge is 2.54. The highest BCUT2D eigenvalue weighted by atomic mass is 16.7. The average Bonchev–Trinajstić information content (AvgIpc) is 2.66. The second-order valence-electron chi connectivity index (χ2n) is 6.83. The van der Waals surface area contributed by atoms with Crippen molar-refractivity contribution in [2.45, 2.75) is 58.1 Å². The van der Waals surface area contributed by atoms with Gasteiger partial charge in [0.25, 0.3) is 0 Å². The Labute approximate surface area is 138 Å². The van der Waals surface area contributed by atoms with Crippen molar-refractivity contribution in [1.29, 1.82) is 0 Å². The van der Waals surface area contributed by atoms with E-state index in [0.29, 0.717) is 6.61 Å². The molecule has 1 heterocycles. The first-order valence-electron chi connectivity index (χ1n) is 7.96. The van der Waals surface area contributed by atoms with E-state index in [2.05, 4.69) is 0 Å². The fourth-order valence-corrected chi connectivity index (χ4v) is 2.59. The zero-order chi connectivity index (χ0) is 17.3. The minimum atomic E-state index is -0.876. The second kappa shape index (κ2) is 6.53. The SMILES string of the molecule is CCOc1ccc(C(CC(=O)O)B2OC(C)(C)C(C)(C)O2)cc1. The zero-order valence-corrected chi connectivity index (χ0v) is 14.5. The Bertz CT molecular complexity index is 537. The van der Waals surface area contributed by atoms with E-state index in [1.165, 1.54) is 0 Å². The Morgan fingerprint density at radius 1 is 1.17 bits per heavy atom. The number of rotatable bonds is 6. The number of carboxylic acids is 1. The van der Waals surface area contributed by atoms with Crippen LogP contribution in [0.1, 0.15) is 52.4 Å². The lowest BCUT2D eigenvalue weighted by atomic mass is 9.66. The average molecular weight is 320 g/mol. The largest absolute Gasteiger partial charge is 0.494 e. The normalized spacial score (nSPS) is 20.3. The molecule has 0 aliphatic carbocycles. The number of carboxylic acid groups (broad SMARTS) is 1. The van der Waals surface area contributed by atoms with Gasteiger partial charge in [-0.15, -0.1) is 0 Å². The third kappa shape index (κ3) is 3.87. The van der Waals surface area contributed by atoms with E-state index < -0.39 is 24.3 Å². The molecule has 0 aromatic heterocycles. The van der Waals surface area contributed by atoms with Gasteiger partial charge in [-0.3, -0.25) is 4.79 Å². The van der Waals surface area contributed by atoms with Crippen molar-refractivity contribution in [3.63, 3.8) is 0 Å². The zero-order valence-electron chi connectivity index (χ0n) is 14.5. The van der Waals surface area contributed by atoms with Gasteiger partial charge >= 0.3 is 13.1 Å². The van der Waals surface area contributed by atoms with Gasteiger partial charge in [0.15, 0.2) is 0 Å². The Morgan fingerprint density at radius 2 is 1.70 bits per heavy atom. The summed E-state index contributed by atoms with van der Waals surface area (Å²) in [5, 5.41) is 9.27. The molecule has 23 heavy (non-hydrogen) atoms. The van der Waals surface area contributed by atoms with Crippen molar-refractivity contribution in [1.82, 2.24) is 0 Å². The Balaban J connectivity index is 2.26. The van der Waals surface area contributed by atoms with Gasteiger partial charge in [0.1, 0.15) is 5.75 Å². The van der Waals surface area contributed by atoms with Crippen LogP contribution in [0.15, 0.2) is 24.3 Å². The monoisotopic (exact) mass is 320 g/mol. The smallest absolute Gasteiger partial charge is 0.466 e. The quantitative estimate of drug-likeness (QED) is 0.815. The number of hydrogen-bond acceptors (Lipinski definition) is 4. The van der Waals surface area contributed by atoms with E-state index in [-0.39, 0.29) is 12.2 Å². The van der Waals surface area contributed by atoms with Gasteiger partial charge in [-0.25, -0.2) is 0 Å². The van der Waals surface area contributed by atoms with Crippen LogP contribution in [0.4, 0.5) is 0 Å². The maximum Gasteiger partial charge on any atom is 0.466 e. The van der Waals surface area contributed by atoms with Crippen molar-refractivity contribution in [3.8, 4) is 5.75 Å². The molecule has 0 bridgehead atoms. The van der Waals surface area contributed by atoms with Crippen LogP contribution in [0.5, 0.6) is 5.75 Å². The minimum absolute atomic E-state index is 0.0508. The molecule has 1 aliphatic heterocycles. The predicted molar refractivity (Wildman–Crippen MR) is 88.7 cm³/mol. The maximum absolute atomic E-state index is 11.3. The highest BCUT2D eigenvalue weighted by Crippen LogP contribution is 2.41. The second-order valence-corrected chi connectivity index (χ2v) is 6.83. The molecule has 2 rings (SSSR count). The molecule has 0 amide bonds. The lowest BCUT2D eigenvalue weighted by Gasteiger charge is -2.32. The molecule has 1 N–H and O–H groups in total. The van der Waals surface area contributed by atoms with Gasteiger partial charge in [-0.2, -0.15) is 0 Å². The van der Waals surface area contributed by atoms with Crippen LogP contribution in [0.3, 0.4) is 0 Å². The van der Waals surface area contributed by atoms with Crippen molar-refractivity contribution < 1.29 is 23.9 Å². The molecule has 0 saturated carbocycles. The molecule has 0 spiro atoms. The molecular formula is C17H25BO5. The van der Waals surface area contributed by atoms with Gasteiger partial charge in [0, 0.05) is 5.82 Å². The predicted octanol–water partition coefficient (Wildman–Crippen LogP) is 3.28. The van der Waals surface area contributed by atoms with E-state index in [1.54, 1.807) is 0 Å². The highest BCUT2D eigenvalue weighted by molar-refractivity contribution is 6.48. The van der Waals surface area contributed by atoms with E-state index in [9.17, 15) is 9.90 Å². The minimum Gasteiger partial charge on any atom is -0.494 e. The molecule has 6 heteroatoms. The summed E-state index contributed by atoms with van der Waals surface area (Å²) in [4.78, 5) is 11.3. The van der Waals surface area contributed by atoms with E-state index in [0.717, 1.165) is 11.3 Å². The molecule has 5 nitrogen and oxygen atoms in total. The molecule has 1 saturated heterocycles. The summed E-state index contributed by atoms with van der Waals surface area (Å²) < 4.78 is 17.5. The fourth-order valence-electron chi connectivity index (χ4n) is 2.59. The third-order valence-electron chi connectivity index (χ3n) is 4.61. The molecule has 126 valence electrons. The van der Waals surface area contributed by atoms with Crippen molar-refractivity contribution in [3.05, 3.63) is 29.8 Å². The summed E-state index contributed by atoms with van der Waals surface area (Å²) in [5.74, 6) is -0.484. The summed E-state index contributed by atoms with van der Waals surface area (Å²) in [7, 11) is -0.589. The molecule has 1 aromatic carbocycles. The number of carbonyl (C=O) groups is 1. The lowest BCUT2D eigenvalue weighted by molar-refractivity contribution is -0.137. The summed E-state index contributed by atoms with van der Waals surface area (Å²) in [6.45, 7) is 10.4. The number of aliphatic carboxylic acids is 1. The van der Waals surface area contributed by atoms with Gasteiger partial charge in [-0.1, -0.05) is 12.1 Å². The van der Waals surface area contributed by atoms with Crippen LogP contribution in [0.2, 0.25) is 0 Å². The molecule has 1 aliphatic rings. The van der Waals surface area contributed by atoms with Crippen LogP contribution in [-0.2, 0) is 14.1 Å². The van der Waals surface area contributed by atoms with Crippen molar-refractivity contribution in [2.24, 2.45) is 0 Å². The van der Waals surface area contributed by atoms with Gasteiger partial charge in [0.2, 0.25) is 0 Å². The summed E-state index contributed by atoms with van der Waals surface area (Å²) in [6.07, 6.45) is -0.0508. The Morgan fingerprint density at radius 3 is 2.13 bits per heavy atom. The molecule has 1 fully saturated rings. The molecule has 1 aromatic rings. The topological polar surface area (TPSA) is 65.0 Å². The lowest BCUT2D eigenvalue weighted by Crippen LogP contribution is -2.41. The van der Waals surface area contributed by atoms with E-state index >= 15 is 0 Å². The summed E-state index contributed by atoms with van der Waals surface area (Å²) in [5.41, 5.74) is -0.103. The summed E-state index contributed by atoms with van der Waals surface area (Å²) >= 11 is 0. The number of hydrogen-bond donors (Lipinski definition) is 1. The first kappa shape index (κ1) is 17.8. The standard InChI is InChI=1S/C17H25BO5/c1-6-21-13-9-7-12(8-10-13)14(11-15(19)20)18-22-16(2,3)17(4,5)23-18/h7-10,14H,6,11H2,1-5H3,(H,19,20). The fraction of sp³-hybridized carbons (Fsp3) is 0.588. The first-order chi connectivity index (χ1) is 10.7. The Hall–Kier alpha value is -1.53. The van der Waals surface area contributed by atoms with Crippen LogP contribution in [-0.4, -0.2) is 36.0 Å². The molecule has 1 unspecified atom stereocenters. The van der Waals surface area contributed by atoms with E-state index in [1.807, 2.05) is 58.9 Å². The maximum atomic E-state index is 11.3. The first-order valence-corrected chi connectivity index (χ1v) is 7.96. The van der Waals surface area contributed by atoms with Crippen LogP contribution in [0, 0.1) is 0 Å².